The minimum atomic E-state index is 0.725. The van der Waals surface area contributed by atoms with Crippen molar-refractivity contribution in [1.82, 2.24) is 9.97 Å². The first-order chi connectivity index (χ1) is 11.1. The Kier molecular flexibility index (Phi) is 4.44. The van der Waals surface area contributed by atoms with Crippen LogP contribution in [0.1, 0.15) is 5.56 Å². The SMILES string of the molecule is Cc1c(Cl)cccc1Nc1cc(N(C)c2ccccc2)ncn1. The smallest absolute Gasteiger partial charge is 0.138 e. The first-order valence-electron chi connectivity index (χ1n) is 7.28. The van der Waals surface area contributed by atoms with Gasteiger partial charge in [-0.2, -0.15) is 0 Å². The second-order valence-corrected chi connectivity index (χ2v) is 5.60. The predicted molar refractivity (Wildman–Crippen MR) is 96.0 cm³/mol. The topological polar surface area (TPSA) is 41.0 Å². The third-order valence-electron chi connectivity index (χ3n) is 3.67. The highest BCUT2D eigenvalue weighted by atomic mass is 35.5. The zero-order valence-corrected chi connectivity index (χ0v) is 13.7. The maximum atomic E-state index is 6.16. The average molecular weight is 325 g/mol. The molecular formula is C18H17ClN4. The summed E-state index contributed by atoms with van der Waals surface area (Å²) in [6.07, 6.45) is 1.55. The van der Waals surface area contributed by atoms with Crippen LogP contribution in [0.3, 0.4) is 0 Å². The largest absolute Gasteiger partial charge is 0.340 e. The Morgan fingerprint density at radius 1 is 1.00 bits per heavy atom. The number of para-hydroxylation sites is 1. The van der Waals surface area contributed by atoms with Gasteiger partial charge < -0.3 is 10.2 Å². The molecule has 0 aliphatic rings. The van der Waals surface area contributed by atoms with Gasteiger partial charge in [-0.05, 0) is 36.8 Å². The quantitative estimate of drug-likeness (QED) is 0.737. The van der Waals surface area contributed by atoms with Crippen LogP contribution in [0.25, 0.3) is 0 Å². The Morgan fingerprint density at radius 3 is 2.57 bits per heavy atom. The molecule has 0 unspecified atom stereocenters. The third-order valence-corrected chi connectivity index (χ3v) is 4.08. The molecule has 0 bridgehead atoms. The summed E-state index contributed by atoms with van der Waals surface area (Å²) in [4.78, 5) is 10.6. The fourth-order valence-corrected chi connectivity index (χ4v) is 2.44. The number of hydrogen-bond donors (Lipinski definition) is 1. The lowest BCUT2D eigenvalue weighted by Crippen LogP contribution is -2.11. The van der Waals surface area contributed by atoms with Crippen LogP contribution >= 0.6 is 11.6 Å². The Balaban J connectivity index is 1.87. The van der Waals surface area contributed by atoms with Crippen molar-refractivity contribution in [3.05, 3.63) is 71.5 Å². The summed E-state index contributed by atoms with van der Waals surface area (Å²) in [6, 6.07) is 17.7. The number of benzene rings is 2. The van der Waals surface area contributed by atoms with Gasteiger partial charge in [0, 0.05) is 29.5 Å². The molecule has 3 aromatic rings. The van der Waals surface area contributed by atoms with E-state index < -0.39 is 0 Å². The van der Waals surface area contributed by atoms with Crippen molar-refractivity contribution >= 4 is 34.6 Å². The number of rotatable bonds is 4. The summed E-state index contributed by atoms with van der Waals surface area (Å²) < 4.78 is 0. The van der Waals surface area contributed by atoms with Crippen molar-refractivity contribution in [3.63, 3.8) is 0 Å². The summed E-state index contributed by atoms with van der Waals surface area (Å²) in [5.41, 5.74) is 2.99. The van der Waals surface area contributed by atoms with Crippen molar-refractivity contribution in [2.45, 2.75) is 6.92 Å². The zero-order valence-electron chi connectivity index (χ0n) is 13.0. The van der Waals surface area contributed by atoms with Crippen LogP contribution in [0.2, 0.25) is 5.02 Å². The van der Waals surface area contributed by atoms with Gasteiger partial charge in [0.2, 0.25) is 0 Å². The summed E-state index contributed by atoms with van der Waals surface area (Å²) in [5, 5.41) is 4.03. The van der Waals surface area contributed by atoms with Crippen LogP contribution in [0.5, 0.6) is 0 Å². The Morgan fingerprint density at radius 2 is 1.78 bits per heavy atom. The molecule has 0 fully saturated rings. The highest BCUT2D eigenvalue weighted by Gasteiger charge is 2.08. The lowest BCUT2D eigenvalue weighted by Gasteiger charge is -2.19. The summed E-state index contributed by atoms with van der Waals surface area (Å²) in [5.74, 6) is 1.54. The Labute approximate surface area is 140 Å². The molecule has 23 heavy (non-hydrogen) atoms. The van der Waals surface area contributed by atoms with Crippen LogP contribution in [0.4, 0.5) is 23.0 Å². The highest BCUT2D eigenvalue weighted by molar-refractivity contribution is 6.31. The van der Waals surface area contributed by atoms with E-state index >= 15 is 0 Å². The van der Waals surface area contributed by atoms with Gasteiger partial charge in [-0.25, -0.2) is 9.97 Å². The minimum absolute atomic E-state index is 0.725. The van der Waals surface area contributed by atoms with Crippen LogP contribution in [-0.2, 0) is 0 Å². The fraction of sp³-hybridized carbons (Fsp3) is 0.111. The molecule has 2 aromatic carbocycles. The molecule has 0 amide bonds. The van der Waals surface area contributed by atoms with Gasteiger partial charge in [0.15, 0.2) is 0 Å². The molecule has 0 atom stereocenters. The van der Waals surface area contributed by atoms with Crippen LogP contribution in [0, 0.1) is 6.92 Å². The summed E-state index contributed by atoms with van der Waals surface area (Å²) >= 11 is 6.16. The standard InChI is InChI=1S/C18H17ClN4/c1-13-15(19)9-6-10-16(13)22-17-11-18(21-12-20-17)23(2)14-7-4-3-5-8-14/h3-12H,1-2H3,(H,20,21,22). The zero-order chi connectivity index (χ0) is 16.2. The molecular weight excluding hydrogens is 308 g/mol. The molecule has 116 valence electrons. The van der Waals surface area contributed by atoms with E-state index in [0.717, 1.165) is 33.6 Å². The molecule has 1 N–H and O–H groups in total. The van der Waals surface area contributed by atoms with Gasteiger partial charge in [0.25, 0.3) is 0 Å². The second kappa shape index (κ2) is 6.67. The van der Waals surface area contributed by atoms with E-state index in [2.05, 4.69) is 15.3 Å². The van der Waals surface area contributed by atoms with Gasteiger partial charge >= 0.3 is 0 Å². The summed E-state index contributed by atoms with van der Waals surface area (Å²) in [7, 11) is 1.98. The normalized spacial score (nSPS) is 10.4. The minimum Gasteiger partial charge on any atom is -0.340 e. The van der Waals surface area contributed by atoms with Crippen molar-refractivity contribution in [2.24, 2.45) is 0 Å². The van der Waals surface area contributed by atoms with Crippen LogP contribution in [-0.4, -0.2) is 17.0 Å². The Hall–Kier alpha value is -2.59. The van der Waals surface area contributed by atoms with E-state index in [1.807, 2.05) is 73.5 Å². The molecule has 0 radical (unpaired) electrons. The molecule has 1 heterocycles. The molecule has 5 heteroatoms. The van der Waals surface area contributed by atoms with E-state index in [9.17, 15) is 0 Å². The number of nitrogens with zero attached hydrogens (tertiary/aromatic N) is 3. The maximum Gasteiger partial charge on any atom is 0.138 e. The monoisotopic (exact) mass is 324 g/mol. The second-order valence-electron chi connectivity index (χ2n) is 5.19. The molecule has 1 aromatic heterocycles. The number of nitrogens with one attached hydrogen (secondary N) is 1. The van der Waals surface area contributed by atoms with E-state index in [0.29, 0.717) is 0 Å². The van der Waals surface area contributed by atoms with Crippen molar-refractivity contribution in [1.29, 1.82) is 0 Å². The average Bonchev–Trinajstić information content (AvgIpc) is 2.59. The van der Waals surface area contributed by atoms with Gasteiger partial charge in [-0.1, -0.05) is 35.9 Å². The van der Waals surface area contributed by atoms with Crippen molar-refractivity contribution in [2.75, 3.05) is 17.3 Å². The molecule has 0 spiro atoms. The lowest BCUT2D eigenvalue weighted by atomic mass is 10.2. The molecule has 0 saturated carbocycles. The van der Waals surface area contributed by atoms with Crippen LogP contribution in [0.15, 0.2) is 60.9 Å². The first-order valence-corrected chi connectivity index (χ1v) is 7.66. The predicted octanol–water partition coefficient (Wildman–Crippen LogP) is 4.95. The number of halogens is 1. The molecule has 4 nitrogen and oxygen atoms in total. The van der Waals surface area contributed by atoms with E-state index in [1.54, 1.807) is 6.33 Å². The molecule has 0 aliphatic carbocycles. The van der Waals surface area contributed by atoms with E-state index in [4.69, 9.17) is 11.6 Å². The molecule has 0 saturated heterocycles. The molecule has 0 aliphatic heterocycles. The fourth-order valence-electron chi connectivity index (χ4n) is 2.26. The number of hydrogen-bond acceptors (Lipinski definition) is 4. The first kappa shape index (κ1) is 15.3. The number of anilines is 4. The summed E-state index contributed by atoms with van der Waals surface area (Å²) in [6.45, 7) is 1.98. The Bertz CT molecular complexity index is 805. The van der Waals surface area contributed by atoms with Gasteiger partial charge in [-0.15, -0.1) is 0 Å². The number of aromatic nitrogens is 2. The van der Waals surface area contributed by atoms with Crippen molar-refractivity contribution in [3.8, 4) is 0 Å². The van der Waals surface area contributed by atoms with Crippen molar-refractivity contribution < 1.29 is 0 Å². The maximum absolute atomic E-state index is 6.16. The molecule has 3 rings (SSSR count). The lowest BCUT2D eigenvalue weighted by molar-refractivity contribution is 1.08. The van der Waals surface area contributed by atoms with Crippen LogP contribution < -0.4 is 10.2 Å². The van der Waals surface area contributed by atoms with E-state index in [1.165, 1.54) is 0 Å². The van der Waals surface area contributed by atoms with Gasteiger partial charge in [0.05, 0.1) is 0 Å². The van der Waals surface area contributed by atoms with Gasteiger partial charge in [-0.3, -0.25) is 0 Å². The highest BCUT2D eigenvalue weighted by Crippen LogP contribution is 2.27. The van der Waals surface area contributed by atoms with Gasteiger partial charge in [0.1, 0.15) is 18.0 Å². The third kappa shape index (κ3) is 3.43. The van der Waals surface area contributed by atoms with E-state index in [-0.39, 0.29) is 0 Å².